The molecule has 0 amide bonds. The van der Waals surface area contributed by atoms with Crippen molar-refractivity contribution in [2.75, 3.05) is 0 Å². The van der Waals surface area contributed by atoms with Crippen LogP contribution in [0.25, 0.3) is 0 Å². The maximum absolute atomic E-state index is 13.6. The van der Waals surface area contributed by atoms with Crippen LogP contribution in [-0.2, 0) is 12.8 Å². The summed E-state index contributed by atoms with van der Waals surface area (Å²) in [4.78, 5) is 0. The van der Waals surface area contributed by atoms with Gasteiger partial charge in [0.05, 0.1) is 0 Å². The van der Waals surface area contributed by atoms with Gasteiger partial charge in [0.1, 0.15) is 11.6 Å². The first kappa shape index (κ1) is 11.1. The monoisotopic (exact) mass is 199 g/mol. The van der Waals surface area contributed by atoms with Crippen molar-refractivity contribution < 1.29 is 8.78 Å². The van der Waals surface area contributed by atoms with Crippen LogP contribution in [0.5, 0.6) is 0 Å². The third kappa shape index (κ3) is 2.29. The lowest BCUT2D eigenvalue weighted by atomic mass is 10.0. The van der Waals surface area contributed by atoms with Gasteiger partial charge in [-0.25, -0.2) is 8.78 Å². The van der Waals surface area contributed by atoms with Crippen LogP contribution in [0.1, 0.15) is 25.0 Å². The van der Waals surface area contributed by atoms with Gasteiger partial charge >= 0.3 is 0 Å². The predicted molar refractivity (Wildman–Crippen MR) is 53.1 cm³/mol. The van der Waals surface area contributed by atoms with E-state index in [1.165, 1.54) is 12.1 Å². The second-order valence-electron chi connectivity index (χ2n) is 3.53. The maximum Gasteiger partial charge on any atom is 0.132 e. The quantitative estimate of drug-likeness (QED) is 0.794. The molecule has 1 rings (SSSR count). The standard InChI is InChI=1S/C11H15F2N/c1-3-8-4-5-10(12)9(11(8)13)6-7(2)14/h4-5,7H,3,6,14H2,1-2H3. The molecule has 0 heterocycles. The van der Waals surface area contributed by atoms with E-state index in [1.54, 1.807) is 6.92 Å². The fraction of sp³-hybridized carbons (Fsp3) is 0.455. The minimum atomic E-state index is -0.503. The highest BCUT2D eigenvalue weighted by molar-refractivity contribution is 5.28. The van der Waals surface area contributed by atoms with Crippen molar-refractivity contribution in [1.29, 1.82) is 0 Å². The first-order valence-electron chi connectivity index (χ1n) is 4.77. The summed E-state index contributed by atoms with van der Waals surface area (Å²) < 4.78 is 26.8. The Hall–Kier alpha value is -0.960. The summed E-state index contributed by atoms with van der Waals surface area (Å²) >= 11 is 0. The molecule has 0 aliphatic carbocycles. The van der Waals surface area contributed by atoms with Crippen molar-refractivity contribution in [3.8, 4) is 0 Å². The molecule has 0 radical (unpaired) electrons. The Balaban J connectivity index is 3.11. The fourth-order valence-corrected chi connectivity index (χ4v) is 1.43. The minimum Gasteiger partial charge on any atom is -0.328 e. The molecular formula is C11H15F2N. The van der Waals surface area contributed by atoms with Crippen molar-refractivity contribution in [3.05, 3.63) is 34.9 Å². The Kier molecular flexibility index (Phi) is 3.58. The molecule has 1 unspecified atom stereocenters. The average molecular weight is 199 g/mol. The SMILES string of the molecule is CCc1ccc(F)c(CC(C)N)c1F. The molecular weight excluding hydrogens is 184 g/mol. The molecule has 78 valence electrons. The van der Waals surface area contributed by atoms with Gasteiger partial charge in [-0.15, -0.1) is 0 Å². The molecule has 0 aliphatic heterocycles. The number of aryl methyl sites for hydroxylation is 1. The number of halogens is 2. The van der Waals surface area contributed by atoms with Gasteiger partial charge in [0.25, 0.3) is 0 Å². The molecule has 14 heavy (non-hydrogen) atoms. The average Bonchev–Trinajstić information content (AvgIpc) is 2.12. The van der Waals surface area contributed by atoms with Gasteiger partial charge in [-0.1, -0.05) is 13.0 Å². The van der Waals surface area contributed by atoms with Gasteiger partial charge in [-0.2, -0.15) is 0 Å². The second kappa shape index (κ2) is 4.51. The molecule has 0 saturated carbocycles. The highest BCUT2D eigenvalue weighted by Gasteiger charge is 2.13. The van der Waals surface area contributed by atoms with E-state index >= 15 is 0 Å². The smallest absolute Gasteiger partial charge is 0.132 e. The molecule has 0 aromatic heterocycles. The number of nitrogens with two attached hydrogens (primary N) is 1. The lowest BCUT2D eigenvalue weighted by molar-refractivity contribution is 0.534. The summed E-state index contributed by atoms with van der Waals surface area (Å²) in [5, 5.41) is 0. The van der Waals surface area contributed by atoms with Crippen molar-refractivity contribution in [2.45, 2.75) is 32.7 Å². The van der Waals surface area contributed by atoms with Crippen LogP contribution in [0, 0.1) is 11.6 Å². The van der Waals surface area contributed by atoms with Crippen LogP contribution in [0.4, 0.5) is 8.78 Å². The molecule has 0 spiro atoms. The first-order valence-corrected chi connectivity index (χ1v) is 4.77. The van der Waals surface area contributed by atoms with Crippen LogP contribution in [0.15, 0.2) is 12.1 Å². The van der Waals surface area contributed by atoms with E-state index in [4.69, 9.17) is 5.73 Å². The Morgan fingerprint density at radius 1 is 1.36 bits per heavy atom. The molecule has 0 bridgehead atoms. The van der Waals surface area contributed by atoms with Crippen molar-refractivity contribution in [2.24, 2.45) is 5.73 Å². The van der Waals surface area contributed by atoms with E-state index < -0.39 is 11.6 Å². The van der Waals surface area contributed by atoms with Crippen LogP contribution < -0.4 is 5.73 Å². The molecule has 0 saturated heterocycles. The summed E-state index contributed by atoms with van der Waals surface area (Å²) in [6, 6.07) is 2.56. The highest BCUT2D eigenvalue weighted by atomic mass is 19.1. The fourth-order valence-electron chi connectivity index (χ4n) is 1.43. The number of benzene rings is 1. The zero-order valence-electron chi connectivity index (χ0n) is 8.48. The number of hydrogen-bond acceptors (Lipinski definition) is 1. The summed E-state index contributed by atoms with van der Waals surface area (Å²) in [7, 11) is 0. The topological polar surface area (TPSA) is 26.0 Å². The summed E-state index contributed by atoms with van der Waals surface area (Å²) in [5.74, 6) is -0.943. The molecule has 3 heteroatoms. The predicted octanol–water partition coefficient (Wildman–Crippen LogP) is 2.42. The zero-order valence-corrected chi connectivity index (χ0v) is 8.48. The first-order chi connectivity index (χ1) is 6.56. The zero-order chi connectivity index (χ0) is 10.7. The van der Waals surface area contributed by atoms with Crippen molar-refractivity contribution in [3.63, 3.8) is 0 Å². The molecule has 1 aromatic carbocycles. The van der Waals surface area contributed by atoms with E-state index in [0.717, 1.165) is 0 Å². The normalized spacial score (nSPS) is 12.9. The highest BCUT2D eigenvalue weighted by Crippen LogP contribution is 2.18. The lowest BCUT2D eigenvalue weighted by Crippen LogP contribution is -2.20. The molecule has 2 N–H and O–H groups in total. The molecule has 0 aliphatic rings. The molecule has 0 fully saturated rings. The summed E-state index contributed by atoms with van der Waals surface area (Å²) in [6.07, 6.45) is 0.809. The maximum atomic E-state index is 13.6. The van der Waals surface area contributed by atoms with Gasteiger partial charge in [0, 0.05) is 11.6 Å². The Labute approximate surface area is 82.9 Å². The van der Waals surface area contributed by atoms with E-state index in [2.05, 4.69) is 0 Å². The Morgan fingerprint density at radius 3 is 2.50 bits per heavy atom. The second-order valence-corrected chi connectivity index (χ2v) is 3.53. The van der Waals surface area contributed by atoms with Crippen LogP contribution in [0.3, 0.4) is 0 Å². The van der Waals surface area contributed by atoms with Crippen LogP contribution >= 0.6 is 0 Å². The van der Waals surface area contributed by atoms with Gasteiger partial charge in [0.15, 0.2) is 0 Å². The van der Waals surface area contributed by atoms with Crippen LogP contribution in [0.2, 0.25) is 0 Å². The summed E-state index contributed by atoms with van der Waals surface area (Å²) in [6.45, 7) is 3.57. The van der Waals surface area contributed by atoms with Gasteiger partial charge < -0.3 is 5.73 Å². The van der Waals surface area contributed by atoms with E-state index in [1.807, 2.05) is 6.92 Å². The van der Waals surface area contributed by atoms with Crippen LogP contribution in [-0.4, -0.2) is 6.04 Å². The van der Waals surface area contributed by atoms with E-state index in [0.29, 0.717) is 12.0 Å². The van der Waals surface area contributed by atoms with E-state index in [9.17, 15) is 8.78 Å². The van der Waals surface area contributed by atoms with Gasteiger partial charge in [-0.05, 0) is 31.4 Å². The van der Waals surface area contributed by atoms with E-state index in [-0.39, 0.29) is 18.0 Å². The summed E-state index contributed by atoms with van der Waals surface area (Å²) in [5.41, 5.74) is 6.17. The lowest BCUT2D eigenvalue weighted by Gasteiger charge is -2.10. The molecule has 1 aromatic rings. The molecule has 1 nitrogen and oxygen atoms in total. The van der Waals surface area contributed by atoms with Crippen molar-refractivity contribution >= 4 is 0 Å². The third-order valence-corrected chi connectivity index (χ3v) is 2.17. The molecule has 1 atom stereocenters. The third-order valence-electron chi connectivity index (χ3n) is 2.17. The minimum absolute atomic E-state index is 0.111. The van der Waals surface area contributed by atoms with Crippen molar-refractivity contribution in [1.82, 2.24) is 0 Å². The largest absolute Gasteiger partial charge is 0.328 e. The Morgan fingerprint density at radius 2 is 2.00 bits per heavy atom. The number of hydrogen-bond donors (Lipinski definition) is 1. The van der Waals surface area contributed by atoms with Gasteiger partial charge in [0.2, 0.25) is 0 Å². The Bertz CT molecular complexity index is 321. The van der Waals surface area contributed by atoms with Gasteiger partial charge in [-0.3, -0.25) is 0 Å². The number of rotatable bonds is 3.